The molecule has 2 rings (SSSR count). The molecule has 2 aromatic rings. The Labute approximate surface area is 167 Å². The SMILES string of the molecule is CCc1sc(C(=O)NNC(=O)CN(C)S(=O)(=O)c2ccc(Cl)cc2)cc1C. The summed E-state index contributed by atoms with van der Waals surface area (Å²) in [5, 5.41) is 0.409. The third-order valence-electron chi connectivity index (χ3n) is 3.77. The van der Waals surface area contributed by atoms with Gasteiger partial charge in [0.15, 0.2) is 0 Å². The molecule has 0 saturated heterocycles. The van der Waals surface area contributed by atoms with Crippen LogP contribution in [0.4, 0.5) is 0 Å². The number of hydrogen-bond donors (Lipinski definition) is 2. The molecule has 0 aliphatic rings. The van der Waals surface area contributed by atoms with Gasteiger partial charge in [0.25, 0.3) is 11.8 Å². The van der Waals surface area contributed by atoms with Crippen LogP contribution in [0.15, 0.2) is 35.2 Å². The van der Waals surface area contributed by atoms with Gasteiger partial charge in [0.1, 0.15) is 0 Å². The maximum Gasteiger partial charge on any atom is 0.279 e. The van der Waals surface area contributed by atoms with Crippen LogP contribution in [0.25, 0.3) is 0 Å². The number of sulfonamides is 1. The van der Waals surface area contributed by atoms with Crippen LogP contribution < -0.4 is 10.9 Å². The maximum absolute atomic E-state index is 12.4. The van der Waals surface area contributed by atoms with Gasteiger partial charge in [-0.2, -0.15) is 4.31 Å². The monoisotopic (exact) mass is 429 g/mol. The maximum atomic E-state index is 12.4. The van der Waals surface area contributed by atoms with Crippen molar-refractivity contribution < 1.29 is 18.0 Å². The van der Waals surface area contributed by atoms with Crippen molar-refractivity contribution in [3.8, 4) is 0 Å². The van der Waals surface area contributed by atoms with E-state index in [-0.39, 0.29) is 4.90 Å². The van der Waals surface area contributed by atoms with E-state index in [2.05, 4.69) is 10.9 Å². The van der Waals surface area contributed by atoms with Crippen molar-refractivity contribution in [3.63, 3.8) is 0 Å². The molecule has 2 amide bonds. The summed E-state index contributed by atoms with van der Waals surface area (Å²) in [4.78, 5) is 25.7. The molecule has 1 aromatic carbocycles. The lowest BCUT2D eigenvalue weighted by molar-refractivity contribution is -0.121. The predicted molar refractivity (Wildman–Crippen MR) is 105 cm³/mol. The molecular weight excluding hydrogens is 410 g/mol. The zero-order valence-corrected chi connectivity index (χ0v) is 17.5. The second-order valence-corrected chi connectivity index (χ2v) is 9.41. The highest BCUT2D eigenvalue weighted by atomic mass is 35.5. The number of halogens is 1. The predicted octanol–water partition coefficient (Wildman–Crippen LogP) is 2.35. The van der Waals surface area contributed by atoms with E-state index in [1.54, 1.807) is 6.07 Å². The molecule has 0 spiro atoms. The second-order valence-electron chi connectivity index (χ2n) is 5.79. The number of carbonyl (C=O) groups is 2. The number of hydrazine groups is 1. The number of aryl methyl sites for hydroxylation is 2. The number of nitrogens with one attached hydrogen (secondary N) is 2. The van der Waals surface area contributed by atoms with Crippen LogP contribution in [-0.2, 0) is 21.2 Å². The number of nitrogens with zero attached hydrogens (tertiary/aromatic N) is 1. The van der Waals surface area contributed by atoms with E-state index in [1.165, 1.54) is 42.6 Å². The van der Waals surface area contributed by atoms with E-state index in [4.69, 9.17) is 11.6 Å². The molecular formula is C17H20ClN3O4S2. The number of carbonyl (C=O) groups excluding carboxylic acids is 2. The molecule has 0 unspecified atom stereocenters. The van der Waals surface area contributed by atoms with E-state index in [0.717, 1.165) is 21.2 Å². The largest absolute Gasteiger partial charge is 0.279 e. The lowest BCUT2D eigenvalue weighted by Gasteiger charge is -2.17. The van der Waals surface area contributed by atoms with Gasteiger partial charge in [-0.1, -0.05) is 18.5 Å². The lowest BCUT2D eigenvalue weighted by Crippen LogP contribution is -2.46. The molecule has 7 nitrogen and oxygen atoms in total. The molecule has 0 fully saturated rings. The van der Waals surface area contributed by atoms with Crippen molar-refractivity contribution in [1.29, 1.82) is 0 Å². The van der Waals surface area contributed by atoms with Crippen LogP contribution in [-0.4, -0.2) is 38.1 Å². The van der Waals surface area contributed by atoms with Crippen LogP contribution in [0.5, 0.6) is 0 Å². The summed E-state index contributed by atoms with van der Waals surface area (Å²) in [5.41, 5.74) is 5.55. The fourth-order valence-electron chi connectivity index (χ4n) is 2.28. The molecule has 0 aliphatic heterocycles. The van der Waals surface area contributed by atoms with Gasteiger partial charge in [0, 0.05) is 16.9 Å². The summed E-state index contributed by atoms with van der Waals surface area (Å²) in [7, 11) is -2.56. The van der Waals surface area contributed by atoms with E-state index in [1.807, 2.05) is 13.8 Å². The van der Waals surface area contributed by atoms with E-state index < -0.39 is 28.4 Å². The van der Waals surface area contributed by atoms with Gasteiger partial charge in [-0.3, -0.25) is 20.4 Å². The smallest absolute Gasteiger partial charge is 0.272 e. The van der Waals surface area contributed by atoms with Crippen molar-refractivity contribution in [2.24, 2.45) is 0 Å². The average Bonchev–Trinajstić information content (AvgIpc) is 3.01. The first-order valence-electron chi connectivity index (χ1n) is 8.05. The minimum Gasteiger partial charge on any atom is -0.272 e. The third-order valence-corrected chi connectivity index (χ3v) is 7.22. The summed E-state index contributed by atoms with van der Waals surface area (Å²) < 4.78 is 25.7. The lowest BCUT2D eigenvalue weighted by atomic mass is 10.2. The molecule has 146 valence electrons. The number of thiophene rings is 1. The Morgan fingerprint density at radius 3 is 2.37 bits per heavy atom. The van der Waals surface area contributed by atoms with Crippen LogP contribution in [0.2, 0.25) is 5.02 Å². The van der Waals surface area contributed by atoms with Crippen LogP contribution in [0, 0.1) is 6.92 Å². The van der Waals surface area contributed by atoms with Crippen molar-refractivity contribution in [2.75, 3.05) is 13.6 Å². The highest BCUT2D eigenvalue weighted by molar-refractivity contribution is 7.89. The van der Waals surface area contributed by atoms with E-state index >= 15 is 0 Å². The fraction of sp³-hybridized carbons (Fsp3) is 0.294. The zero-order chi connectivity index (χ0) is 20.2. The molecule has 0 aliphatic carbocycles. The number of rotatable bonds is 6. The Bertz CT molecular complexity index is 940. The molecule has 1 aromatic heterocycles. The Balaban J connectivity index is 1.94. The molecule has 27 heavy (non-hydrogen) atoms. The van der Waals surface area contributed by atoms with Gasteiger partial charge in [0.05, 0.1) is 16.3 Å². The van der Waals surface area contributed by atoms with Gasteiger partial charge in [-0.15, -0.1) is 11.3 Å². The fourth-order valence-corrected chi connectivity index (χ4v) is 4.55. The van der Waals surface area contributed by atoms with E-state index in [0.29, 0.717) is 9.90 Å². The molecule has 1 heterocycles. The summed E-state index contributed by atoms with van der Waals surface area (Å²) in [6.45, 7) is 3.47. The summed E-state index contributed by atoms with van der Waals surface area (Å²) in [6.07, 6.45) is 0.823. The van der Waals surface area contributed by atoms with Gasteiger partial charge in [-0.05, 0) is 49.2 Å². The normalized spacial score (nSPS) is 11.4. The van der Waals surface area contributed by atoms with Gasteiger partial charge in [-0.25, -0.2) is 8.42 Å². The number of hydrogen-bond acceptors (Lipinski definition) is 5. The first-order valence-corrected chi connectivity index (χ1v) is 10.7. The number of benzene rings is 1. The summed E-state index contributed by atoms with van der Waals surface area (Å²) in [6, 6.07) is 7.38. The van der Waals surface area contributed by atoms with E-state index in [9.17, 15) is 18.0 Å². The molecule has 0 bridgehead atoms. The Kier molecular flexibility index (Phi) is 6.99. The topological polar surface area (TPSA) is 95.6 Å². The minimum atomic E-state index is -3.84. The quantitative estimate of drug-likeness (QED) is 0.689. The standard InChI is InChI=1S/C17H20ClN3O4S2/c1-4-14-11(2)9-15(26-14)17(23)20-19-16(22)10-21(3)27(24,25)13-7-5-12(18)6-8-13/h5-9H,4,10H2,1-3H3,(H,19,22)(H,20,23). The minimum absolute atomic E-state index is 0.0207. The molecule has 0 atom stereocenters. The van der Waals surface area contributed by atoms with Crippen LogP contribution in [0.1, 0.15) is 27.0 Å². The van der Waals surface area contributed by atoms with Crippen molar-refractivity contribution in [1.82, 2.24) is 15.2 Å². The van der Waals surface area contributed by atoms with Crippen LogP contribution >= 0.6 is 22.9 Å². The number of amides is 2. The van der Waals surface area contributed by atoms with Crippen molar-refractivity contribution in [2.45, 2.75) is 25.2 Å². The summed E-state index contributed by atoms with van der Waals surface area (Å²) >= 11 is 7.11. The summed E-state index contributed by atoms with van der Waals surface area (Å²) in [5.74, 6) is -1.10. The number of likely N-dealkylation sites (N-methyl/N-ethyl adjacent to an activating group) is 1. The van der Waals surface area contributed by atoms with Crippen LogP contribution in [0.3, 0.4) is 0 Å². The molecule has 10 heteroatoms. The van der Waals surface area contributed by atoms with Gasteiger partial charge in [0.2, 0.25) is 10.0 Å². The average molecular weight is 430 g/mol. The molecule has 0 radical (unpaired) electrons. The van der Waals surface area contributed by atoms with Gasteiger partial charge >= 0.3 is 0 Å². The van der Waals surface area contributed by atoms with Crippen molar-refractivity contribution in [3.05, 3.63) is 50.7 Å². The molecule has 0 saturated carbocycles. The third kappa shape index (κ3) is 5.29. The Hall–Kier alpha value is -1.94. The zero-order valence-electron chi connectivity index (χ0n) is 15.1. The van der Waals surface area contributed by atoms with Crippen molar-refractivity contribution >= 4 is 44.8 Å². The Morgan fingerprint density at radius 1 is 1.19 bits per heavy atom. The molecule has 2 N–H and O–H groups in total. The Morgan fingerprint density at radius 2 is 1.81 bits per heavy atom. The first kappa shape index (κ1) is 21.4. The second kappa shape index (κ2) is 8.83. The highest BCUT2D eigenvalue weighted by Gasteiger charge is 2.23. The highest BCUT2D eigenvalue weighted by Crippen LogP contribution is 2.22. The van der Waals surface area contributed by atoms with Gasteiger partial charge < -0.3 is 0 Å². The first-order chi connectivity index (χ1) is 12.6.